The van der Waals surface area contributed by atoms with Crippen LogP contribution in [-0.2, 0) is 24.1 Å². The Morgan fingerprint density at radius 2 is 1.78 bits per heavy atom. The number of rotatable bonds is 4. The van der Waals surface area contributed by atoms with Gasteiger partial charge in [-0.3, -0.25) is 9.80 Å². The van der Waals surface area contributed by atoms with Crippen molar-refractivity contribution in [3.63, 3.8) is 0 Å². The van der Waals surface area contributed by atoms with E-state index in [1.54, 1.807) is 0 Å². The van der Waals surface area contributed by atoms with E-state index in [1.165, 1.54) is 5.56 Å². The zero-order valence-electron chi connectivity index (χ0n) is 15.7. The Morgan fingerprint density at radius 3 is 2.67 bits per heavy atom. The fraction of sp³-hybridized carbons (Fsp3) is 0.571. The van der Waals surface area contributed by atoms with E-state index >= 15 is 0 Å². The van der Waals surface area contributed by atoms with Gasteiger partial charge in [0.15, 0.2) is 0 Å². The minimum atomic E-state index is -0.159. The highest BCUT2D eigenvalue weighted by molar-refractivity contribution is 5.86. The molecule has 1 fully saturated rings. The van der Waals surface area contributed by atoms with Crippen LogP contribution < -0.4 is 10.4 Å². The average molecular weight is 370 g/mol. The maximum Gasteiger partial charge on any atom is 0.339 e. The first-order valence-electron chi connectivity index (χ1n) is 10.1. The third-order valence-corrected chi connectivity index (χ3v) is 6.04. The molecule has 0 spiro atoms. The van der Waals surface area contributed by atoms with Gasteiger partial charge in [0.1, 0.15) is 18.1 Å². The molecule has 0 amide bonds. The van der Waals surface area contributed by atoms with Crippen molar-refractivity contribution in [3.8, 4) is 5.75 Å². The predicted octanol–water partition coefficient (Wildman–Crippen LogP) is 2.16. The maximum atomic E-state index is 12.4. The Balaban J connectivity index is 1.34. The maximum absolute atomic E-state index is 12.4. The molecule has 1 aliphatic carbocycles. The molecule has 1 aromatic heterocycles. The number of nitrogens with zero attached hydrogens (tertiary/aromatic N) is 2. The van der Waals surface area contributed by atoms with Crippen molar-refractivity contribution >= 4 is 11.0 Å². The summed E-state index contributed by atoms with van der Waals surface area (Å²) < 4.78 is 17.2. The normalized spacial score (nSPS) is 20.4. The van der Waals surface area contributed by atoms with Gasteiger partial charge < -0.3 is 13.9 Å². The van der Waals surface area contributed by atoms with Gasteiger partial charge in [-0.25, -0.2) is 4.79 Å². The SMILES string of the molecule is O=c1oc2c3c(ccc2c2c1CCC2)OCN(CCCN1CCOCC1)C3. The predicted molar refractivity (Wildman–Crippen MR) is 102 cm³/mol. The largest absolute Gasteiger partial charge is 0.478 e. The van der Waals surface area contributed by atoms with Gasteiger partial charge in [0.05, 0.1) is 18.8 Å². The average Bonchev–Trinajstić information content (AvgIpc) is 3.20. The first-order valence-corrected chi connectivity index (χ1v) is 10.1. The molecule has 6 nitrogen and oxygen atoms in total. The monoisotopic (exact) mass is 370 g/mol. The summed E-state index contributed by atoms with van der Waals surface area (Å²) in [5.74, 6) is 0.855. The molecular weight excluding hydrogens is 344 g/mol. The lowest BCUT2D eigenvalue weighted by atomic mass is 10.0. The van der Waals surface area contributed by atoms with Crippen LogP contribution in [0.2, 0.25) is 0 Å². The zero-order chi connectivity index (χ0) is 18.2. The third-order valence-electron chi connectivity index (χ3n) is 6.04. The smallest absolute Gasteiger partial charge is 0.339 e. The van der Waals surface area contributed by atoms with Crippen molar-refractivity contribution in [2.45, 2.75) is 32.2 Å². The summed E-state index contributed by atoms with van der Waals surface area (Å²) in [5, 5.41) is 1.10. The third kappa shape index (κ3) is 3.26. The lowest BCUT2D eigenvalue weighted by molar-refractivity contribution is 0.0330. The number of hydrogen-bond acceptors (Lipinski definition) is 6. The molecule has 3 heterocycles. The standard InChI is InChI=1S/C21H26N2O4/c24-21-17-4-1-3-15(17)16-5-6-19-18(20(16)27-21)13-23(14-26-19)8-2-7-22-9-11-25-12-10-22/h5-6H,1-4,7-14H2. The minimum Gasteiger partial charge on any atom is -0.478 e. The van der Waals surface area contributed by atoms with Gasteiger partial charge in [-0.2, -0.15) is 0 Å². The van der Waals surface area contributed by atoms with Crippen LogP contribution in [0.15, 0.2) is 21.3 Å². The van der Waals surface area contributed by atoms with Crippen molar-refractivity contribution in [1.29, 1.82) is 0 Å². The Bertz CT molecular complexity index is 901. The number of fused-ring (bicyclic) bond motifs is 5. The van der Waals surface area contributed by atoms with Gasteiger partial charge in [-0.1, -0.05) is 0 Å². The second kappa shape index (κ2) is 7.26. The van der Waals surface area contributed by atoms with Gasteiger partial charge in [-0.15, -0.1) is 0 Å². The van der Waals surface area contributed by atoms with E-state index in [-0.39, 0.29) is 5.63 Å². The van der Waals surface area contributed by atoms with Crippen molar-refractivity contribution in [3.05, 3.63) is 39.2 Å². The molecule has 0 N–H and O–H groups in total. The summed E-state index contributed by atoms with van der Waals surface area (Å²) in [6, 6.07) is 4.11. The molecule has 27 heavy (non-hydrogen) atoms. The fourth-order valence-electron chi connectivity index (χ4n) is 4.59. The van der Waals surface area contributed by atoms with Gasteiger partial charge in [0, 0.05) is 37.1 Å². The minimum absolute atomic E-state index is 0.159. The van der Waals surface area contributed by atoms with Gasteiger partial charge in [-0.05, 0) is 49.9 Å². The Labute approximate surface area is 158 Å². The van der Waals surface area contributed by atoms with Crippen molar-refractivity contribution < 1.29 is 13.9 Å². The summed E-state index contributed by atoms with van der Waals surface area (Å²) in [7, 11) is 0. The lowest BCUT2D eigenvalue weighted by Crippen LogP contribution is -2.39. The highest BCUT2D eigenvalue weighted by atomic mass is 16.5. The van der Waals surface area contributed by atoms with Crippen LogP contribution in [-0.4, -0.2) is 55.9 Å². The van der Waals surface area contributed by atoms with Crippen LogP contribution in [0.3, 0.4) is 0 Å². The molecule has 0 unspecified atom stereocenters. The van der Waals surface area contributed by atoms with Gasteiger partial charge >= 0.3 is 5.63 Å². The summed E-state index contributed by atoms with van der Waals surface area (Å²) >= 11 is 0. The van der Waals surface area contributed by atoms with Crippen molar-refractivity contribution in [1.82, 2.24) is 9.80 Å². The summed E-state index contributed by atoms with van der Waals surface area (Å²) in [6.07, 6.45) is 3.96. The summed E-state index contributed by atoms with van der Waals surface area (Å²) in [6.45, 7) is 7.17. The molecule has 2 aromatic rings. The highest BCUT2D eigenvalue weighted by Crippen LogP contribution is 2.35. The second-order valence-electron chi connectivity index (χ2n) is 7.75. The Hall–Kier alpha value is -1.89. The number of ether oxygens (including phenoxy) is 2. The van der Waals surface area contributed by atoms with Gasteiger partial charge in [0.25, 0.3) is 0 Å². The molecular formula is C21H26N2O4. The molecule has 0 radical (unpaired) electrons. The molecule has 0 atom stereocenters. The van der Waals surface area contributed by atoms with E-state index in [9.17, 15) is 4.79 Å². The quantitative estimate of drug-likeness (QED) is 0.769. The molecule has 5 rings (SSSR count). The van der Waals surface area contributed by atoms with Crippen LogP contribution >= 0.6 is 0 Å². The molecule has 1 saturated heterocycles. The zero-order valence-corrected chi connectivity index (χ0v) is 15.7. The molecule has 3 aliphatic rings. The fourth-order valence-corrected chi connectivity index (χ4v) is 4.59. The van der Waals surface area contributed by atoms with E-state index in [1.807, 2.05) is 6.07 Å². The van der Waals surface area contributed by atoms with E-state index < -0.39 is 0 Å². The van der Waals surface area contributed by atoms with E-state index in [0.717, 1.165) is 99.5 Å². The molecule has 1 aromatic carbocycles. The van der Waals surface area contributed by atoms with Crippen LogP contribution in [0, 0.1) is 0 Å². The Kier molecular flexibility index (Phi) is 4.63. The van der Waals surface area contributed by atoms with Crippen molar-refractivity contribution in [2.75, 3.05) is 46.1 Å². The molecule has 2 aliphatic heterocycles. The van der Waals surface area contributed by atoms with Crippen LogP contribution in [0.4, 0.5) is 0 Å². The van der Waals surface area contributed by atoms with Crippen LogP contribution in [0.1, 0.15) is 29.5 Å². The van der Waals surface area contributed by atoms with Crippen molar-refractivity contribution in [2.24, 2.45) is 0 Å². The van der Waals surface area contributed by atoms with E-state index in [4.69, 9.17) is 13.9 Å². The van der Waals surface area contributed by atoms with E-state index in [0.29, 0.717) is 6.73 Å². The van der Waals surface area contributed by atoms with Crippen LogP contribution in [0.25, 0.3) is 11.0 Å². The number of morpholine rings is 1. The van der Waals surface area contributed by atoms with Gasteiger partial charge in [0.2, 0.25) is 0 Å². The summed E-state index contributed by atoms with van der Waals surface area (Å²) in [5.41, 5.74) is 3.66. The van der Waals surface area contributed by atoms with E-state index in [2.05, 4.69) is 15.9 Å². The second-order valence-corrected chi connectivity index (χ2v) is 7.75. The number of hydrogen-bond donors (Lipinski definition) is 0. The first kappa shape index (κ1) is 17.2. The molecule has 144 valence electrons. The lowest BCUT2D eigenvalue weighted by Gasteiger charge is -2.31. The summed E-state index contributed by atoms with van der Waals surface area (Å²) in [4.78, 5) is 17.2. The first-order chi connectivity index (χ1) is 13.3. The van der Waals surface area contributed by atoms with Crippen LogP contribution in [0.5, 0.6) is 5.75 Å². The number of benzene rings is 1. The molecule has 0 saturated carbocycles. The topological polar surface area (TPSA) is 55.2 Å². The number of aryl methyl sites for hydroxylation is 1. The Morgan fingerprint density at radius 1 is 0.963 bits per heavy atom. The molecule has 0 bridgehead atoms. The molecule has 6 heteroatoms. The highest BCUT2D eigenvalue weighted by Gasteiger charge is 2.25.